The molecule has 2 aliphatic rings. The predicted octanol–water partition coefficient (Wildman–Crippen LogP) is 2.61. The van der Waals surface area contributed by atoms with E-state index in [-0.39, 0.29) is 5.91 Å². The Bertz CT molecular complexity index is 1010. The van der Waals surface area contributed by atoms with Gasteiger partial charge in [0, 0.05) is 5.56 Å². The SMILES string of the molecule is COc1cccc(C2=NO[C@@H]3C(=O)N(c4ccc(C)cc4C)C(=O)[C@@H]23)c1OC. The van der Waals surface area contributed by atoms with Gasteiger partial charge in [-0.3, -0.25) is 9.59 Å². The van der Waals surface area contributed by atoms with Crippen LogP contribution in [-0.4, -0.2) is 37.8 Å². The number of amides is 2. The first kappa shape index (κ1) is 18.0. The molecule has 2 atom stereocenters. The lowest BCUT2D eigenvalue weighted by molar-refractivity contribution is -0.126. The first-order chi connectivity index (χ1) is 13.5. The fourth-order valence-electron chi connectivity index (χ4n) is 3.78. The van der Waals surface area contributed by atoms with Gasteiger partial charge in [-0.25, -0.2) is 4.90 Å². The molecular weight excluding hydrogens is 360 g/mol. The minimum Gasteiger partial charge on any atom is -0.493 e. The van der Waals surface area contributed by atoms with Crippen LogP contribution in [0.15, 0.2) is 41.6 Å². The van der Waals surface area contributed by atoms with E-state index < -0.39 is 17.9 Å². The van der Waals surface area contributed by atoms with Crippen molar-refractivity contribution in [3.05, 3.63) is 53.1 Å². The van der Waals surface area contributed by atoms with Gasteiger partial charge < -0.3 is 14.3 Å². The molecule has 2 aromatic rings. The summed E-state index contributed by atoms with van der Waals surface area (Å²) in [5, 5.41) is 4.05. The highest BCUT2D eigenvalue weighted by Gasteiger charge is 2.56. The molecule has 2 aliphatic heterocycles. The van der Waals surface area contributed by atoms with Crippen molar-refractivity contribution < 1.29 is 23.9 Å². The highest BCUT2D eigenvalue weighted by Crippen LogP contribution is 2.40. The number of anilines is 1. The number of benzene rings is 2. The number of hydrogen-bond acceptors (Lipinski definition) is 6. The Kier molecular flexibility index (Phi) is 4.30. The topological polar surface area (TPSA) is 77.4 Å². The molecule has 4 rings (SSSR count). The average Bonchev–Trinajstić information content (AvgIpc) is 3.22. The number of carbonyl (C=O) groups is 2. The van der Waals surface area contributed by atoms with Crippen molar-refractivity contribution in [2.75, 3.05) is 19.1 Å². The zero-order valence-electron chi connectivity index (χ0n) is 16.1. The van der Waals surface area contributed by atoms with Gasteiger partial charge in [-0.15, -0.1) is 0 Å². The zero-order chi connectivity index (χ0) is 20.0. The molecule has 0 spiro atoms. The lowest BCUT2D eigenvalue weighted by atomic mass is 9.93. The summed E-state index contributed by atoms with van der Waals surface area (Å²) in [7, 11) is 3.04. The Morgan fingerprint density at radius 2 is 1.82 bits per heavy atom. The van der Waals surface area contributed by atoms with Crippen LogP contribution in [0.25, 0.3) is 0 Å². The van der Waals surface area contributed by atoms with E-state index in [0.717, 1.165) is 11.1 Å². The summed E-state index contributed by atoms with van der Waals surface area (Å²) in [4.78, 5) is 32.8. The van der Waals surface area contributed by atoms with Crippen LogP contribution >= 0.6 is 0 Å². The van der Waals surface area contributed by atoms with E-state index in [4.69, 9.17) is 14.3 Å². The molecular formula is C21H20N2O5. The molecule has 1 fully saturated rings. The average molecular weight is 380 g/mol. The van der Waals surface area contributed by atoms with E-state index in [0.29, 0.717) is 28.5 Å². The zero-order valence-corrected chi connectivity index (χ0v) is 16.1. The van der Waals surface area contributed by atoms with E-state index in [1.807, 2.05) is 26.0 Å². The van der Waals surface area contributed by atoms with Crippen LogP contribution in [0.5, 0.6) is 11.5 Å². The normalized spacial score (nSPS) is 20.7. The number of hydrogen-bond donors (Lipinski definition) is 0. The summed E-state index contributed by atoms with van der Waals surface area (Å²) < 4.78 is 10.8. The quantitative estimate of drug-likeness (QED) is 0.762. The molecule has 0 bridgehead atoms. The molecule has 7 nitrogen and oxygen atoms in total. The predicted molar refractivity (Wildman–Crippen MR) is 103 cm³/mol. The van der Waals surface area contributed by atoms with E-state index in [9.17, 15) is 9.59 Å². The summed E-state index contributed by atoms with van der Waals surface area (Å²) in [6.07, 6.45) is -0.973. The van der Waals surface area contributed by atoms with Gasteiger partial charge in [0.1, 0.15) is 11.6 Å². The number of imide groups is 1. The summed E-state index contributed by atoms with van der Waals surface area (Å²) >= 11 is 0. The van der Waals surface area contributed by atoms with Gasteiger partial charge >= 0.3 is 0 Å². The Morgan fingerprint density at radius 3 is 2.50 bits per heavy atom. The number of methoxy groups -OCH3 is 2. The van der Waals surface area contributed by atoms with Crippen LogP contribution in [0.1, 0.15) is 16.7 Å². The first-order valence-electron chi connectivity index (χ1n) is 8.88. The molecule has 0 aromatic heterocycles. The van der Waals surface area contributed by atoms with Crippen LogP contribution in [0.4, 0.5) is 5.69 Å². The van der Waals surface area contributed by atoms with Gasteiger partial charge in [-0.2, -0.15) is 0 Å². The molecule has 0 N–H and O–H groups in total. The highest BCUT2D eigenvalue weighted by molar-refractivity contribution is 6.33. The van der Waals surface area contributed by atoms with Gasteiger partial charge in [0.25, 0.3) is 5.91 Å². The highest BCUT2D eigenvalue weighted by atomic mass is 16.7. The third-order valence-corrected chi connectivity index (χ3v) is 5.08. The molecule has 0 unspecified atom stereocenters. The smallest absolute Gasteiger partial charge is 0.278 e. The third kappa shape index (κ3) is 2.54. The van der Waals surface area contributed by atoms with Crippen molar-refractivity contribution in [2.24, 2.45) is 11.1 Å². The fraction of sp³-hybridized carbons (Fsp3) is 0.286. The number of fused-ring (bicyclic) bond motifs is 1. The lowest BCUT2D eigenvalue weighted by Gasteiger charge is -2.18. The second kappa shape index (κ2) is 6.67. The first-order valence-corrected chi connectivity index (χ1v) is 8.88. The minimum atomic E-state index is -0.973. The van der Waals surface area contributed by atoms with Gasteiger partial charge in [0.2, 0.25) is 12.0 Å². The number of nitrogens with zero attached hydrogens (tertiary/aromatic N) is 2. The number of oxime groups is 1. The van der Waals surface area contributed by atoms with Crippen molar-refractivity contribution >= 4 is 23.2 Å². The minimum absolute atomic E-state index is 0.358. The Morgan fingerprint density at radius 1 is 1.04 bits per heavy atom. The molecule has 0 radical (unpaired) electrons. The second-order valence-electron chi connectivity index (χ2n) is 6.82. The van der Waals surface area contributed by atoms with Gasteiger partial charge in [0.05, 0.1) is 19.9 Å². The maximum absolute atomic E-state index is 13.2. The Labute approximate surface area is 162 Å². The molecule has 1 saturated heterocycles. The van der Waals surface area contributed by atoms with Crippen LogP contribution in [-0.2, 0) is 14.4 Å². The number of carbonyl (C=O) groups excluding carboxylic acids is 2. The fourth-order valence-corrected chi connectivity index (χ4v) is 3.78. The molecule has 28 heavy (non-hydrogen) atoms. The van der Waals surface area contributed by atoms with E-state index in [2.05, 4.69) is 5.16 Å². The number of para-hydroxylation sites is 1. The molecule has 0 saturated carbocycles. The van der Waals surface area contributed by atoms with Crippen LogP contribution in [0.2, 0.25) is 0 Å². The van der Waals surface area contributed by atoms with E-state index in [1.54, 1.807) is 24.3 Å². The van der Waals surface area contributed by atoms with E-state index in [1.165, 1.54) is 19.1 Å². The number of aryl methyl sites for hydroxylation is 2. The lowest BCUT2D eigenvalue weighted by Crippen LogP contribution is -2.33. The largest absolute Gasteiger partial charge is 0.493 e. The Hall–Kier alpha value is -3.35. The van der Waals surface area contributed by atoms with Crippen molar-refractivity contribution in [3.63, 3.8) is 0 Å². The van der Waals surface area contributed by atoms with Crippen LogP contribution in [0, 0.1) is 19.8 Å². The molecule has 144 valence electrons. The third-order valence-electron chi connectivity index (χ3n) is 5.08. The summed E-state index contributed by atoms with van der Waals surface area (Å²) in [5.74, 6) is -0.646. The second-order valence-corrected chi connectivity index (χ2v) is 6.82. The monoisotopic (exact) mass is 380 g/mol. The van der Waals surface area contributed by atoms with E-state index >= 15 is 0 Å². The van der Waals surface area contributed by atoms with Gasteiger partial charge in [-0.1, -0.05) is 28.9 Å². The summed E-state index contributed by atoms with van der Waals surface area (Å²) in [6.45, 7) is 3.83. The number of ether oxygens (including phenoxy) is 2. The summed E-state index contributed by atoms with van der Waals surface area (Å²) in [5.41, 5.74) is 3.40. The molecule has 7 heteroatoms. The molecule has 2 aromatic carbocycles. The molecule has 0 aliphatic carbocycles. The van der Waals surface area contributed by atoms with Gasteiger partial charge in [-0.05, 0) is 37.6 Å². The maximum Gasteiger partial charge on any atom is 0.278 e. The van der Waals surface area contributed by atoms with Crippen molar-refractivity contribution in [2.45, 2.75) is 20.0 Å². The van der Waals surface area contributed by atoms with Crippen LogP contribution in [0.3, 0.4) is 0 Å². The standard InChI is InChI=1S/C21H20N2O5/c1-11-8-9-14(12(2)10-11)23-20(24)16-17(22-28-19(16)21(23)25)13-6-5-7-15(26-3)18(13)27-4/h5-10,16,19H,1-4H3/t16-,19-/m0/s1. The number of rotatable bonds is 4. The maximum atomic E-state index is 13.2. The van der Waals surface area contributed by atoms with Gasteiger partial charge in [0.15, 0.2) is 11.5 Å². The Balaban J connectivity index is 1.76. The van der Waals surface area contributed by atoms with Crippen molar-refractivity contribution in [1.29, 1.82) is 0 Å². The van der Waals surface area contributed by atoms with Crippen molar-refractivity contribution in [3.8, 4) is 11.5 Å². The molecule has 2 amide bonds. The van der Waals surface area contributed by atoms with Crippen LogP contribution < -0.4 is 14.4 Å². The van der Waals surface area contributed by atoms with Crippen molar-refractivity contribution in [1.82, 2.24) is 0 Å². The molecule has 2 heterocycles. The summed E-state index contributed by atoms with van der Waals surface area (Å²) in [6, 6.07) is 10.9.